The molecule has 1 aliphatic rings. The minimum absolute atomic E-state index is 0.0537. The van der Waals surface area contributed by atoms with E-state index >= 15 is 0 Å². The minimum Gasteiger partial charge on any atom is -0.316 e. The van der Waals surface area contributed by atoms with Crippen LogP contribution in [-0.4, -0.2) is 16.8 Å². The zero-order valence-electron chi connectivity index (χ0n) is 17.0. The molecule has 5 rings (SSSR count). The number of anilines is 1. The number of hydrogen-bond donors (Lipinski definition) is 0. The lowest BCUT2D eigenvalue weighted by Gasteiger charge is -2.33. The van der Waals surface area contributed by atoms with Gasteiger partial charge in [-0.3, -0.25) is 9.36 Å². The standard InChI is InChI=1S/C25H19BrClN3O/c1-15-9-18(27)12-19(10-15)30-14-28-22-11-16(2)21(26)13-20(22)24(30)25(31)29-8-7-17-5-3-4-6-23(17)29/h3-14,24H,1-2H3. The van der Waals surface area contributed by atoms with Gasteiger partial charge in [0.1, 0.15) is 6.04 Å². The van der Waals surface area contributed by atoms with E-state index in [-0.39, 0.29) is 5.91 Å². The minimum atomic E-state index is -0.585. The average Bonchev–Trinajstić information content (AvgIpc) is 3.17. The van der Waals surface area contributed by atoms with Gasteiger partial charge in [-0.05, 0) is 67.4 Å². The van der Waals surface area contributed by atoms with Gasteiger partial charge >= 0.3 is 0 Å². The zero-order chi connectivity index (χ0) is 21.7. The monoisotopic (exact) mass is 491 g/mol. The van der Waals surface area contributed by atoms with Crippen molar-refractivity contribution in [1.82, 2.24) is 4.57 Å². The Morgan fingerprint density at radius 2 is 1.87 bits per heavy atom. The maximum Gasteiger partial charge on any atom is 0.258 e. The highest BCUT2D eigenvalue weighted by atomic mass is 79.9. The van der Waals surface area contributed by atoms with Crippen LogP contribution in [0.15, 0.2) is 76.3 Å². The SMILES string of the molecule is Cc1cc(Cl)cc(N2C=Nc3cc(C)c(Br)cc3C2C(=O)n2ccc3ccccc32)c1. The Kier molecular flexibility index (Phi) is 4.95. The van der Waals surface area contributed by atoms with Crippen LogP contribution in [0.5, 0.6) is 0 Å². The third kappa shape index (κ3) is 3.48. The summed E-state index contributed by atoms with van der Waals surface area (Å²) in [6.07, 6.45) is 3.57. The second kappa shape index (κ2) is 7.66. The van der Waals surface area contributed by atoms with E-state index in [2.05, 4.69) is 20.9 Å². The molecule has 1 unspecified atom stereocenters. The molecular weight excluding hydrogens is 474 g/mol. The lowest BCUT2D eigenvalue weighted by atomic mass is 9.98. The van der Waals surface area contributed by atoms with Crippen LogP contribution in [0.3, 0.4) is 0 Å². The first-order chi connectivity index (χ1) is 14.9. The summed E-state index contributed by atoms with van der Waals surface area (Å²) in [7, 11) is 0. The maximum absolute atomic E-state index is 14.0. The molecule has 1 aliphatic heterocycles. The normalized spacial score (nSPS) is 15.4. The molecule has 0 saturated carbocycles. The summed E-state index contributed by atoms with van der Waals surface area (Å²) in [6, 6.07) is 19.0. The highest BCUT2D eigenvalue weighted by Crippen LogP contribution is 2.40. The first kappa shape index (κ1) is 20.0. The Hall–Kier alpha value is -2.89. The number of nitrogens with zero attached hydrogens (tertiary/aromatic N) is 3. The Balaban J connectivity index is 1.71. The Morgan fingerprint density at radius 3 is 2.68 bits per heavy atom. The highest BCUT2D eigenvalue weighted by Gasteiger charge is 2.34. The van der Waals surface area contributed by atoms with E-state index in [1.54, 1.807) is 10.9 Å². The van der Waals surface area contributed by atoms with Crippen molar-refractivity contribution in [1.29, 1.82) is 0 Å². The van der Waals surface area contributed by atoms with Crippen molar-refractivity contribution < 1.29 is 4.79 Å². The van der Waals surface area contributed by atoms with E-state index in [0.29, 0.717) is 5.02 Å². The summed E-state index contributed by atoms with van der Waals surface area (Å²) in [4.78, 5) is 20.6. The van der Waals surface area contributed by atoms with E-state index in [4.69, 9.17) is 11.6 Å². The van der Waals surface area contributed by atoms with E-state index in [0.717, 1.165) is 43.4 Å². The third-order valence-electron chi connectivity index (χ3n) is 5.60. The van der Waals surface area contributed by atoms with Crippen molar-refractivity contribution in [2.75, 3.05) is 4.90 Å². The Bertz CT molecular complexity index is 1350. The van der Waals surface area contributed by atoms with Crippen molar-refractivity contribution in [2.45, 2.75) is 19.9 Å². The van der Waals surface area contributed by atoms with Crippen molar-refractivity contribution in [3.05, 3.63) is 93.0 Å². The van der Waals surface area contributed by atoms with Crippen LogP contribution in [0.25, 0.3) is 10.9 Å². The smallest absolute Gasteiger partial charge is 0.258 e. The summed E-state index contributed by atoms with van der Waals surface area (Å²) in [5.41, 5.74) is 5.44. The average molecular weight is 493 g/mol. The van der Waals surface area contributed by atoms with Crippen LogP contribution < -0.4 is 4.90 Å². The third-order valence-corrected chi connectivity index (χ3v) is 6.67. The first-order valence-corrected chi connectivity index (χ1v) is 11.1. The molecule has 4 aromatic rings. The van der Waals surface area contributed by atoms with E-state index < -0.39 is 6.04 Å². The van der Waals surface area contributed by atoms with Gasteiger partial charge in [-0.25, -0.2) is 4.99 Å². The molecule has 0 aliphatic carbocycles. The molecule has 3 aromatic carbocycles. The van der Waals surface area contributed by atoms with Gasteiger partial charge in [-0.2, -0.15) is 0 Å². The number of benzene rings is 3. The molecule has 0 bridgehead atoms. The number of hydrogen-bond acceptors (Lipinski definition) is 3. The Morgan fingerprint density at radius 1 is 1.06 bits per heavy atom. The van der Waals surface area contributed by atoms with Crippen LogP contribution in [0.2, 0.25) is 5.02 Å². The van der Waals surface area contributed by atoms with E-state index in [1.807, 2.05) is 85.6 Å². The number of aryl methyl sites for hydroxylation is 2. The molecule has 0 N–H and O–H groups in total. The number of aliphatic imine (C=N–C) groups is 1. The molecule has 0 fully saturated rings. The second-order valence-electron chi connectivity index (χ2n) is 7.78. The molecule has 0 amide bonds. The van der Waals surface area contributed by atoms with Crippen molar-refractivity contribution >= 4 is 62.1 Å². The van der Waals surface area contributed by atoms with Gasteiger partial charge < -0.3 is 4.90 Å². The number of fused-ring (bicyclic) bond motifs is 2. The topological polar surface area (TPSA) is 37.6 Å². The van der Waals surface area contributed by atoms with Crippen LogP contribution in [0.4, 0.5) is 11.4 Å². The lowest BCUT2D eigenvalue weighted by molar-refractivity contribution is 0.0886. The van der Waals surface area contributed by atoms with Gasteiger partial charge in [0.2, 0.25) is 0 Å². The number of rotatable bonds is 2. The van der Waals surface area contributed by atoms with Gasteiger partial charge in [0, 0.05) is 32.3 Å². The second-order valence-corrected chi connectivity index (χ2v) is 9.07. The van der Waals surface area contributed by atoms with Crippen LogP contribution >= 0.6 is 27.5 Å². The van der Waals surface area contributed by atoms with E-state index in [9.17, 15) is 4.79 Å². The van der Waals surface area contributed by atoms with E-state index in [1.165, 1.54) is 0 Å². The summed E-state index contributed by atoms with van der Waals surface area (Å²) in [5.74, 6) is -0.0537. The molecular formula is C25H19BrClN3O. The van der Waals surface area contributed by atoms with Gasteiger partial charge in [0.05, 0.1) is 17.5 Å². The Labute approximate surface area is 193 Å². The number of carbonyl (C=O) groups excluding carboxylic acids is 1. The molecule has 0 saturated heterocycles. The van der Waals surface area contributed by atoms with Crippen molar-refractivity contribution in [2.24, 2.45) is 4.99 Å². The van der Waals surface area contributed by atoms with Crippen molar-refractivity contribution in [3.8, 4) is 0 Å². The molecule has 6 heteroatoms. The molecule has 4 nitrogen and oxygen atoms in total. The molecule has 2 heterocycles. The fourth-order valence-corrected chi connectivity index (χ4v) is 4.74. The quantitative estimate of drug-likeness (QED) is 0.296. The lowest BCUT2D eigenvalue weighted by Crippen LogP contribution is -2.37. The largest absolute Gasteiger partial charge is 0.316 e. The zero-order valence-corrected chi connectivity index (χ0v) is 19.4. The fourth-order valence-electron chi connectivity index (χ4n) is 4.09. The summed E-state index contributed by atoms with van der Waals surface area (Å²) < 4.78 is 2.67. The van der Waals surface area contributed by atoms with Crippen LogP contribution in [-0.2, 0) is 0 Å². The van der Waals surface area contributed by atoms with Crippen LogP contribution in [0, 0.1) is 13.8 Å². The molecule has 0 radical (unpaired) electrons. The molecule has 31 heavy (non-hydrogen) atoms. The predicted molar refractivity (Wildman–Crippen MR) is 131 cm³/mol. The molecule has 0 spiro atoms. The summed E-state index contributed by atoms with van der Waals surface area (Å²) in [5, 5.41) is 1.65. The predicted octanol–water partition coefficient (Wildman–Crippen LogP) is 7.24. The molecule has 1 atom stereocenters. The summed E-state index contributed by atoms with van der Waals surface area (Å²) in [6.45, 7) is 4.00. The number of aromatic nitrogens is 1. The van der Waals surface area contributed by atoms with Gasteiger partial charge in [0.15, 0.2) is 0 Å². The van der Waals surface area contributed by atoms with Crippen molar-refractivity contribution in [3.63, 3.8) is 0 Å². The number of para-hydroxylation sites is 1. The molecule has 1 aromatic heterocycles. The first-order valence-electron chi connectivity index (χ1n) is 9.92. The summed E-state index contributed by atoms with van der Waals surface area (Å²) >= 11 is 9.98. The van der Waals surface area contributed by atoms with Gasteiger partial charge in [-0.15, -0.1) is 0 Å². The highest BCUT2D eigenvalue weighted by molar-refractivity contribution is 9.10. The maximum atomic E-state index is 14.0. The van der Waals surface area contributed by atoms with Crippen LogP contribution in [0.1, 0.15) is 27.5 Å². The van der Waals surface area contributed by atoms with Gasteiger partial charge in [0.25, 0.3) is 5.91 Å². The fraction of sp³-hybridized carbons (Fsp3) is 0.120. The molecule has 154 valence electrons. The number of carbonyl (C=O) groups is 1. The number of halogens is 2. The van der Waals surface area contributed by atoms with Gasteiger partial charge in [-0.1, -0.05) is 45.7 Å².